The molecule has 0 radical (unpaired) electrons. The molecule has 0 saturated heterocycles. The van der Waals surface area contributed by atoms with Crippen LogP contribution in [0.5, 0.6) is 0 Å². The third kappa shape index (κ3) is 8.42. The van der Waals surface area contributed by atoms with Gasteiger partial charge >= 0.3 is 11.9 Å². The first-order chi connectivity index (χ1) is 15.6. The van der Waals surface area contributed by atoms with Gasteiger partial charge in [-0.05, 0) is 62.4 Å². The highest BCUT2D eigenvalue weighted by molar-refractivity contribution is 7.99. The molecule has 176 valence electrons. The second-order valence-electron chi connectivity index (χ2n) is 6.98. The normalized spacial score (nSPS) is 11.0. The zero-order valence-corrected chi connectivity index (χ0v) is 21.0. The minimum atomic E-state index is -3.64. The molecule has 0 aliphatic carbocycles. The molecule has 0 amide bonds. The molecule has 0 fully saturated rings. The number of thioether (sulfide) groups is 2. The van der Waals surface area contributed by atoms with Crippen molar-refractivity contribution in [3.8, 4) is 0 Å². The number of carbonyl (C=O) groups is 2. The fraction of sp³-hybridized carbons (Fsp3) is 0.250. The van der Waals surface area contributed by atoms with Crippen LogP contribution in [0.25, 0.3) is 0 Å². The third-order valence-corrected chi connectivity index (χ3v) is 7.87. The SMILES string of the molecule is C=C(C)C(=O)OCCSc1ccc(S(=O)(=O)c2ccc(SCCOC(=O)C(=C)C)cc2)cc1. The van der Waals surface area contributed by atoms with Crippen LogP contribution in [0.3, 0.4) is 0 Å². The standard InChI is InChI=1S/C24H26O6S3/c1-17(2)23(25)29-13-15-31-19-5-9-21(10-6-19)33(27,28)22-11-7-20(8-12-22)32-16-14-30-24(26)18(3)4/h5-12H,1,3,13-16H2,2,4H3. The molecule has 0 N–H and O–H groups in total. The number of sulfone groups is 1. The number of hydrogen-bond donors (Lipinski definition) is 0. The van der Waals surface area contributed by atoms with E-state index < -0.39 is 21.8 Å². The first-order valence-corrected chi connectivity index (χ1v) is 13.4. The molecule has 0 aliphatic rings. The van der Waals surface area contributed by atoms with E-state index in [4.69, 9.17) is 9.47 Å². The molecule has 33 heavy (non-hydrogen) atoms. The summed E-state index contributed by atoms with van der Waals surface area (Å²) >= 11 is 2.93. The molecule has 0 aliphatic heterocycles. The van der Waals surface area contributed by atoms with Crippen LogP contribution < -0.4 is 0 Å². The van der Waals surface area contributed by atoms with Crippen LogP contribution in [0.15, 0.2) is 92.4 Å². The molecule has 0 atom stereocenters. The van der Waals surface area contributed by atoms with Gasteiger partial charge in [-0.1, -0.05) is 13.2 Å². The Morgan fingerprint density at radius 1 is 0.727 bits per heavy atom. The first-order valence-electron chi connectivity index (χ1n) is 9.97. The summed E-state index contributed by atoms with van der Waals surface area (Å²) in [6.45, 7) is 10.7. The number of carbonyl (C=O) groups excluding carboxylic acids is 2. The van der Waals surface area contributed by atoms with E-state index in [0.29, 0.717) is 22.7 Å². The number of ether oxygens (including phenoxy) is 2. The molecule has 2 aromatic rings. The van der Waals surface area contributed by atoms with Gasteiger partial charge in [0, 0.05) is 32.4 Å². The Morgan fingerprint density at radius 3 is 1.36 bits per heavy atom. The van der Waals surface area contributed by atoms with Gasteiger partial charge in [0.1, 0.15) is 13.2 Å². The van der Waals surface area contributed by atoms with E-state index in [1.54, 1.807) is 62.4 Å². The van der Waals surface area contributed by atoms with Gasteiger partial charge in [-0.2, -0.15) is 0 Å². The van der Waals surface area contributed by atoms with Gasteiger partial charge in [0.25, 0.3) is 0 Å². The number of benzene rings is 2. The predicted octanol–water partition coefficient (Wildman–Crippen LogP) is 4.94. The Kier molecular flexibility index (Phi) is 10.3. The van der Waals surface area contributed by atoms with E-state index in [0.717, 1.165) is 9.79 Å². The largest absolute Gasteiger partial charge is 0.461 e. The summed E-state index contributed by atoms with van der Waals surface area (Å²) in [5.74, 6) is 0.258. The highest BCUT2D eigenvalue weighted by Crippen LogP contribution is 2.26. The Labute approximate surface area is 203 Å². The highest BCUT2D eigenvalue weighted by atomic mass is 32.2. The van der Waals surface area contributed by atoms with Crippen molar-refractivity contribution in [2.24, 2.45) is 0 Å². The summed E-state index contributed by atoms with van der Waals surface area (Å²) in [6.07, 6.45) is 0. The van der Waals surface area contributed by atoms with Gasteiger partial charge in [0.05, 0.1) is 9.79 Å². The fourth-order valence-electron chi connectivity index (χ4n) is 2.40. The Morgan fingerprint density at radius 2 is 1.06 bits per heavy atom. The lowest BCUT2D eigenvalue weighted by atomic mass is 10.4. The minimum Gasteiger partial charge on any atom is -0.461 e. The van der Waals surface area contributed by atoms with Crippen LogP contribution in [0.1, 0.15) is 13.8 Å². The Bertz CT molecular complexity index is 1020. The predicted molar refractivity (Wildman–Crippen MR) is 131 cm³/mol. The molecule has 2 rings (SSSR count). The molecule has 0 aromatic heterocycles. The lowest BCUT2D eigenvalue weighted by Gasteiger charge is -2.08. The van der Waals surface area contributed by atoms with Crippen molar-refractivity contribution >= 4 is 45.3 Å². The topological polar surface area (TPSA) is 86.7 Å². The number of hydrogen-bond acceptors (Lipinski definition) is 8. The number of rotatable bonds is 12. The van der Waals surface area contributed by atoms with Crippen molar-refractivity contribution in [1.29, 1.82) is 0 Å². The molecule has 0 spiro atoms. The zero-order chi connectivity index (χ0) is 24.4. The lowest BCUT2D eigenvalue weighted by Crippen LogP contribution is -2.07. The van der Waals surface area contributed by atoms with Gasteiger partial charge in [-0.3, -0.25) is 0 Å². The van der Waals surface area contributed by atoms with E-state index >= 15 is 0 Å². The van der Waals surface area contributed by atoms with Gasteiger partial charge in [-0.15, -0.1) is 23.5 Å². The maximum atomic E-state index is 12.9. The second kappa shape index (κ2) is 12.7. The second-order valence-corrected chi connectivity index (χ2v) is 11.3. The van der Waals surface area contributed by atoms with Crippen LogP contribution in [0.4, 0.5) is 0 Å². The van der Waals surface area contributed by atoms with Crippen molar-refractivity contribution in [2.75, 3.05) is 24.7 Å². The maximum absolute atomic E-state index is 12.9. The zero-order valence-electron chi connectivity index (χ0n) is 18.5. The summed E-state index contributed by atoms with van der Waals surface area (Å²) in [5.41, 5.74) is 0.704. The van der Waals surface area contributed by atoms with Crippen molar-refractivity contribution < 1.29 is 27.5 Å². The molecular weight excluding hydrogens is 480 g/mol. The van der Waals surface area contributed by atoms with Gasteiger partial charge in [-0.25, -0.2) is 18.0 Å². The quantitative estimate of drug-likeness (QED) is 0.173. The van der Waals surface area contributed by atoms with Gasteiger partial charge in [0.15, 0.2) is 0 Å². The van der Waals surface area contributed by atoms with E-state index in [1.807, 2.05) is 0 Å². The molecule has 9 heteroatoms. The lowest BCUT2D eigenvalue weighted by molar-refractivity contribution is -0.139. The molecule has 2 aromatic carbocycles. The van der Waals surface area contributed by atoms with Crippen molar-refractivity contribution in [1.82, 2.24) is 0 Å². The van der Waals surface area contributed by atoms with Crippen LogP contribution in [-0.4, -0.2) is 45.1 Å². The molecule has 0 heterocycles. The smallest absolute Gasteiger partial charge is 0.333 e. The molecular formula is C24H26O6S3. The maximum Gasteiger partial charge on any atom is 0.333 e. The molecule has 0 saturated carbocycles. The average Bonchev–Trinajstić information content (AvgIpc) is 2.79. The number of esters is 2. The van der Waals surface area contributed by atoms with Crippen molar-refractivity contribution in [3.05, 3.63) is 72.8 Å². The minimum absolute atomic E-state index is 0.202. The fourth-order valence-corrected chi connectivity index (χ4v) is 5.12. The summed E-state index contributed by atoms with van der Waals surface area (Å²) in [6, 6.07) is 13.2. The summed E-state index contributed by atoms with van der Waals surface area (Å²) < 4.78 is 35.9. The van der Waals surface area contributed by atoms with Crippen molar-refractivity contribution in [3.63, 3.8) is 0 Å². The third-order valence-electron chi connectivity index (χ3n) is 4.14. The monoisotopic (exact) mass is 506 g/mol. The first kappa shape index (κ1) is 26.8. The molecule has 0 bridgehead atoms. The summed E-state index contributed by atoms with van der Waals surface area (Å²) in [4.78, 5) is 24.9. The van der Waals surface area contributed by atoms with Gasteiger partial charge in [0.2, 0.25) is 9.84 Å². The van der Waals surface area contributed by atoms with Crippen LogP contribution >= 0.6 is 23.5 Å². The Balaban J connectivity index is 1.89. The van der Waals surface area contributed by atoms with Crippen LogP contribution in [-0.2, 0) is 28.9 Å². The van der Waals surface area contributed by atoms with E-state index in [-0.39, 0.29) is 23.0 Å². The summed E-state index contributed by atoms with van der Waals surface area (Å²) in [5, 5.41) is 0. The van der Waals surface area contributed by atoms with E-state index in [9.17, 15) is 18.0 Å². The average molecular weight is 507 g/mol. The van der Waals surface area contributed by atoms with Gasteiger partial charge < -0.3 is 9.47 Å². The van der Waals surface area contributed by atoms with E-state index in [1.165, 1.54) is 23.5 Å². The molecule has 6 nitrogen and oxygen atoms in total. The van der Waals surface area contributed by atoms with Crippen LogP contribution in [0, 0.1) is 0 Å². The van der Waals surface area contributed by atoms with Crippen LogP contribution in [0.2, 0.25) is 0 Å². The van der Waals surface area contributed by atoms with E-state index in [2.05, 4.69) is 13.2 Å². The highest BCUT2D eigenvalue weighted by Gasteiger charge is 2.17. The Hall–Kier alpha value is -2.49. The molecule has 0 unspecified atom stereocenters. The van der Waals surface area contributed by atoms with Crippen molar-refractivity contribution in [2.45, 2.75) is 33.4 Å². The summed E-state index contributed by atoms with van der Waals surface area (Å²) in [7, 11) is -3.64.